The normalized spacial score (nSPS) is 22.5. The molecular formula is C22H25ClF2N2O. The Morgan fingerprint density at radius 2 is 1.93 bits per heavy atom. The van der Waals surface area contributed by atoms with Crippen molar-refractivity contribution in [3.05, 3.63) is 40.5 Å². The second-order valence-corrected chi connectivity index (χ2v) is 8.64. The van der Waals surface area contributed by atoms with Gasteiger partial charge in [0.2, 0.25) is 5.92 Å². The third-order valence-corrected chi connectivity index (χ3v) is 6.45. The Balaban J connectivity index is 1.53. The lowest BCUT2D eigenvalue weighted by molar-refractivity contribution is -0.0518. The zero-order valence-electron chi connectivity index (χ0n) is 15.8. The van der Waals surface area contributed by atoms with E-state index in [0.717, 1.165) is 24.1 Å². The van der Waals surface area contributed by atoms with Crippen LogP contribution in [0, 0.1) is 5.92 Å². The Hall–Kier alpha value is -1.75. The van der Waals surface area contributed by atoms with Gasteiger partial charge in [-0.25, -0.2) is 8.78 Å². The molecule has 0 bridgehead atoms. The lowest BCUT2D eigenvalue weighted by atomic mass is 9.86. The number of hydrogen-bond donors (Lipinski definition) is 1. The molecule has 0 saturated heterocycles. The summed E-state index contributed by atoms with van der Waals surface area (Å²) < 4.78 is 27.2. The summed E-state index contributed by atoms with van der Waals surface area (Å²) in [5.74, 6) is -2.65. The number of nitrogens with one attached hydrogen (secondary N) is 1. The molecule has 1 aromatic heterocycles. The molecule has 1 amide bonds. The Morgan fingerprint density at radius 3 is 2.68 bits per heavy atom. The maximum absolute atomic E-state index is 13.6. The molecule has 1 heterocycles. The van der Waals surface area contributed by atoms with E-state index in [9.17, 15) is 13.6 Å². The largest absolute Gasteiger partial charge is 0.352 e. The maximum Gasteiger partial charge on any atom is 0.253 e. The Labute approximate surface area is 168 Å². The first-order chi connectivity index (χ1) is 13.4. The van der Waals surface area contributed by atoms with E-state index in [1.165, 1.54) is 12.8 Å². The van der Waals surface area contributed by atoms with E-state index in [2.05, 4.69) is 5.32 Å². The molecule has 3 nitrogen and oxygen atoms in total. The van der Waals surface area contributed by atoms with Gasteiger partial charge in [0.05, 0.1) is 16.1 Å². The minimum Gasteiger partial charge on any atom is -0.352 e. The van der Waals surface area contributed by atoms with Crippen molar-refractivity contribution in [2.24, 2.45) is 5.92 Å². The van der Waals surface area contributed by atoms with Gasteiger partial charge in [0.15, 0.2) is 0 Å². The van der Waals surface area contributed by atoms with Crippen molar-refractivity contribution in [2.45, 2.75) is 63.2 Å². The van der Waals surface area contributed by atoms with Crippen molar-refractivity contribution in [1.29, 1.82) is 0 Å². The standard InChI is InChI=1S/C22H25ClF2N2O/c23-17-8-10-19-16(7-9-18(27-19)15-5-1-2-6-15)20(17)21(28)26-13-14-4-3-11-22(24,25)12-14/h7-10,14-15H,1-6,11-13H2,(H,26,28). The zero-order chi connectivity index (χ0) is 19.7. The van der Waals surface area contributed by atoms with Gasteiger partial charge in [-0.3, -0.25) is 9.78 Å². The van der Waals surface area contributed by atoms with Crippen molar-refractivity contribution in [3.8, 4) is 0 Å². The molecule has 2 fully saturated rings. The second kappa shape index (κ2) is 7.94. The second-order valence-electron chi connectivity index (χ2n) is 8.23. The number of nitrogens with zero attached hydrogens (tertiary/aromatic N) is 1. The van der Waals surface area contributed by atoms with Crippen LogP contribution in [0.2, 0.25) is 5.02 Å². The molecule has 4 rings (SSSR count). The number of aromatic nitrogens is 1. The molecule has 0 spiro atoms. The van der Waals surface area contributed by atoms with E-state index in [1.807, 2.05) is 18.2 Å². The molecule has 2 aromatic rings. The Bertz CT molecular complexity index is 880. The number of benzene rings is 1. The van der Waals surface area contributed by atoms with Gasteiger partial charge in [0.25, 0.3) is 5.91 Å². The molecule has 1 aromatic carbocycles. The number of halogens is 3. The first kappa shape index (κ1) is 19.6. The number of alkyl halides is 2. The monoisotopic (exact) mass is 406 g/mol. The highest BCUT2D eigenvalue weighted by molar-refractivity contribution is 6.35. The van der Waals surface area contributed by atoms with Gasteiger partial charge in [-0.2, -0.15) is 0 Å². The minimum atomic E-state index is -2.62. The smallest absolute Gasteiger partial charge is 0.253 e. The number of carbonyl (C=O) groups is 1. The van der Waals surface area contributed by atoms with Crippen LogP contribution < -0.4 is 5.32 Å². The van der Waals surface area contributed by atoms with Crippen LogP contribution in [0.25, 0.3) is 10.9 Å². The molecule has 6 heteroatoms. The van der Waals surface area contributed by atoms with Gasteiger partial charge in [0, 0.05) is 36.4 Å². The molecule has 2 saturated carbocycles. The van der Waals surface area contributed by atoms with Gasteiger partial charge in [-0.1, -0.05) is 30.5 Å². The van der Waals surface area contributed by atoms with E-state index in [1.54, 1.807) is 6.07 Å². The topological polar surface area (TPSA) is 42.0 Å². The van der Waals surface area contributed by atoms with Gasteiger partial charge >= 0.3 is 0 Å². The molecule has 150 valence electrons. The van der Waals surface area contributed by atoms with Crippen molar-refractivity contribution in [3.63, 3.8) is 0 Å². The van der Waals surface area contributed by atoms with Gasteiger partial charge in [-0.05, 0) is 49.8 Å². The highest BCUT2D eigenvalue weighted by atomic mass is 35.5. The average molecular weight is 407 g/mol. The molecule has 1 atom stereocenters. The highest BCUT2D eigenvalue weighted by Gasteiger charge is 2.36. The fourth-order valence-electron chi connectivity index (χ4n) is 4.65. The van der Waals surface area contributed by atoms with Crippen LogP contribution >= 0.6 is 11.6 Å². The number of carbonyl (C=O) groups excluding carboxylic acids is 1. The summed E-state index contributed by atoms with van der Waals surface area (Å²) in [7, 11) is 0. The summed E-state index contributed by atoms with van der Waals surface area (Å²) in [5, 5.41) is 3.89. The third kappa shape index (κ3) is 4.14. The van der Waals surface area contributed by atoms with E-state index in [4.69, 9.17) is 16.6 Å². The Kier molecular flexibility index (Phi) is 5.55. The number of amides is 1. The van der Waals surface area contributed by atoms with Gasteiger partial charge in [-0.15, -0.1) is 0 Å². The van der Waals surface area contributed by atoms with Crippen LogP contribution in [-0.2, 0) is 0 Å². The lowest BCUT2D eigenvalue weighted by Crippen LogP contribution is -2.35. The summed E-state index contributed by atoms with van der Waals surface area (Å²) in [4.78, 5) is 17.6. The Morgan fingerprint density at radius 1 is 1.14 bits per heavy atom. The van der Waals surface area contributed by atoms with Crippen LogP contribution in [0.4, 0.5) is 8.78 Å². The van der Waals surface area contributed by atoms with Crippen LogP contribution in [0.5, 0.6) is 0 Å². The molecule has 0 radical (unpaired) electrons. The van der Waals surface area contributed by atoms with Gasteiger partial charge in [0.1, 0.15) is 0 Å². The number of pyridine rings is 1. The lowest BCUT2D eigenvalue weighted by Gasteiger charge is -2.29. The highest BCUT2D eigenvalue weighted by Crippen LogP contribution is 2.37. The quantitative estimate of drug-likeness (QED) is 0.666. The van der Waals surface area contributed by atoms with Crippen molar-refractivity contribution < 1.29 is 13.6 Å². The predicted molar refractivity (Wildman–Crippen MR) is 107 cm³/mol. The summed E-state index contributed by atoms with van der Waals surface area (Å²) in [5.41, 5.74) is 2.21. The van der Waals surface area contributed by atoms with Crippen LogP contribution in [-0.4, -0.2) is 23.4 Å². The molecule has 2 aliphatic carbocycles. The summed E-state index contributed by atoms with van der Waals surface area (Å²) in [6.07, 6.45) is 5.78. The van der Waals surface area contributed by atoms with Crippen LogP contribution in [0.3, 0.4) is 0 Å². The first-order valence-corrected chi connectivity index (χ1v) is 10.6. The molecule has 1 unspecified atom stereocenters. The summed E-state index contributed by atoms with van der Waals surface area (Å²) in [6.45, 7) is 0.245. The van der Waals surface area contributed by atoms with E-state index < -0.39 is 5.92 Å². The van der Waals surface area contributed by atoms with Crippen molar-refractivity contribution >= 4 is 28.4 Å². The van der Waals surface area contributed by atoms with E-state index >= 15 is 0 Å². The SMILES string of the molecule is O=C(NCC1CCCC(F)(F)C1)c1c(Cl)ccc2nc(C3CCCC3)ccc12. The first-order valence-electron chi connectivity index (χ1n) is 10.2. The summed E-state index contributed by atoms with van der Waals surface area (Å²) in [6, 6.07) is 7.45. The molecule has 0 aliphatic heterocycles. The van der Waals surface area contributed by atoms with Gasteiger partial charge < -0.3 is 5.32 Å². The minimum absolute atomic E-state index is 0.0540. The average Bonchev–Trinajstić information content (AvgIpc) is 3.20. The molecule has 28 heavy (non-hydrogen) atoms. The van der Waals surface area contributed by atoms with Crippen molar-refractivity contribution in [1.82, 2.24) is 10.3 Å². The fraction of sp³-hybridized carbons (Fsp3) is 0.545. The number of rotatable bonds is 4. The summed E-state index contributed by atoms with van der Waals surface area (Å²) >= 11 is 6.32. The molecule has 2 aliphatic rings. The van der Waals surface area contributed by atoms with E-state index in [-0.39, 0.29) is 31.2 Å². The number of hydrogen-bond acceptors (Lipinski definition) is 2. The zero-order valence-corrected chi connectivity index (χ0v) is 16.6. The van der Waals surface area contributed by atoms with E-state index in [0.29, 0.717) is 34.7 Å². The third-order valence-electron chi connectivity index (χ3n) is 6.14. The predicted octanol–water partition coefficient (Wildman–Crippen LogP) is 6.10. The number of fused-ring (bicyclic) bond motifs is 1. The van der Waals surface area contributed by atoms with Crippen LogP contribution in [0.15, 0.2) is 24.3 Å². The fourth-order valence-corrected chi connectivity index (χ4v) is 4.90. The maximum atomic E-state index is 13.6. The molecular weight excluding hydrogens is 382 g/mol. The van der Waals surface area contributed by atoms with Crippen LogP contribution in [0.1, 0.15) is 73.3 Å². The molecule has 1 N–H and O–H groups in total. The van der Waals surface area contributed by atoms with Crippen molar-refractivity contribution in [2.75, 3.05) is 6.54 Å².